The van der Waals surface area contributed by atoms with Crippen molar-refractivity contribution in [3.05, 3.63) is 23.8 Å². The summed E-state index contributed by atoms with van der Waals surface area (Å²) in [7, 11) is 2.85. The number of nitrogens with one attached hydrogen (secondary N) is 3. The molecule has 0 aliphatic heterocycles. The molecule has 3 amide bonds. The molecule has 4 N–H and O–H groups in total. The Morgan fingerprint density at radius 2 is 1.95 bits per heavy atom. The van der Waals surface area contributed by atoms with Crippen LogP contribution in [0, 0.1) is 0 Å². The number of carbonyl (C=O) groups is 3. The number of rotatable bonds is 5. The number of amides is 3. The molecule has 0 fully saturated rings. The molecule has 1 aromatic carbocycles. The zero-order valence-corrected chi connectivity index (χ0v) is 11.9. The van der Waals surface area contributed by atoms with Gasteiger partial charge in [-0.15, -0.1) is 0 Å². The van der Waals surface area contributed by atoms with Crippen molar-refractivity contribution >= 4 is 23.6 Å². The molecule has 0 heterocycles. The van der Waals surface area contributed by atoms with Crippen LogP contribution in [0.5, 0.6) is 5.75 Å². The second-order valence-corrected chi connectivity index (χ2v) is 4.15. The van der Waals surface area contributed by atoms with Gasteiger partial charge in [-0.3, -0.25) is 4.79 Å². The number of carboxylic acids is 1. The van der Waals surface area contributed by atoms with E-state index in [0.717, 1.165) is 0 Å². The fraction of sp³-hybridized carbons (Fsp3) is 0.308. The van der Waals surface area contributed by atoms with Gasteiger partial charge >= 0.3 is 12.0 Å². The summed E-state index contributed by atoms with van der Waals surface area (Å²) in [5.74, 6) is -1.17. The van der Waals surface area contributed by atoms with Crippen LogP contribution in [0.1, 0.15) is 17.3 Å². The number of aromatic carboxylic acids is 1. The van der Waals surface area contributed by atoms with E-state index in [1.54, 1.807) is 0 Å². The Hall–Kier alpha value is -2.77. The quantitative estimate of drug-likeness (QED) is 0.636. The molecular formula is C13H17N3O5. The summed E-state index contributed by atoms with van der Waals surface area (Å²) in [4.78, 5) is 34.0. The lowest BCUT2D eigenvalue weighted by Gasteiger charge is -2.15. The van der Waals surface area contributed by atoms with Gasteiger partial charge in [-0.05, 0) is 25.1 Å². The third kappa shape index (κ3) is 4.37. The third-order valence-corrected chi connectivity index (χ3v) is 2.68. The average molecular weight is 295 g/mol. The van der Waals surface area contributed by atoms with E-state index in [0.29, 0.717) is 5.75 Å². The Morgan fingerprint density at radius 1 is 1.29 bits per heavy atom. The second kappa shape index (κ2) is 7.13. The van der Waals surface area contributed by atoms with E-state index >= 15 is 0 Å². The molecule has 0 spiro atoms. The maximum Gasteiger partial charge on any atom is 0.335 e. The number of ether oxygens (including phenoxy) is 1. The highest BCUT2D eigenvalue weighted by atomic mass is 16.5. The summed E-state index contributed by atoms with van der Waals surface area (Å²) < 4.78 is 5.04. The number of hydrogen-bond donors (Lipinski definition) is 4. The van der Waals surface area contributed by atoms with Crippen molar-refractivity contribution in [3.63, 3.8) is 0 Å². The van der Waals surface area contributed by atoms with E-state index in [4.69, 9.17) is 9.84 Å². The predicted molar refractivity (Wildman–Crippen MR) is 75.6 cm³/mol. The summed E-state index contributed by atoms with van der Waals surface area (Å²) in [6.45, 7) is 1.52. The predicted octanol–water partition coefficient (Wildman–Crippen LogP) is 0.649. The lowest BCUT2D eigenvalue weighted by molar-refractivity contribution is -0.122. The Bertz CT molecular complexity index is 559. The van der Waals surface area contributed by atoms with Gasteiger partial charge in [0, 0.05) is 7.05 Å². The average Bonchev–Trinajstić information content (AvgIpc) is 2.45. The minimum Gasteiger partial charge on any atom is -0.495 e. The van der Waals surface area contributed by atoms with E-state index in [2.05, 4.69) is 16.0 Å². The van der Waals surface area contributed by atoms with Gasteiger partial charge in [0.2, 0.25) is 5.91 Å². The van der Waals surface area contributed by atoms with Crippen molar-refractivity contribution in [1.29, 1.82) is 0 Å². The van der Waals surface area contributed by atoms with Crippen molar-refractivity contribution in [3.8, 4) is 5.75 Å². The van der Waals surface area contributed by atoms with Crippen LogP contribution in [0.25, 0.3) is 0 Å². The summed E-state index contributed by atoms with van der Waals surface area (Å²) in [6, 6.07) is 2.68. The lowest BCUT2D eigenvalue weighted by Crippen LogP contribution is -2.45. The number of carbonyl (C=O) groups excluding carboxylic acids is 2. The minimum atomic E-state index is -1.13. The van der Waals surface area contributed by atoms with Gasteiger partial charge < -0.3 is 25.8 Å². The molecular weight excluding hydrogens is 278 g/mol. The van der Waals surface area contributed by atoms with Crippen LogP contribution in [0.3, 0.4) is 0 Å². The van der Waals surface area contributed by atoms with Crippen molar-refractivity contribution in [2.24, 2.45) is 0 Å². The van der Waals surface area contributed by atoms with E-state index < -0.39 is 18.0 Å². The fourth-order valence-electron chi connectivity index (χ4n) is 1.58. The Kier molecular flexibility index (Phi) is 5.53. The monoisotopic (exact) mass is 295 g/mol. The molecule has 1 unspecified atom stereocenters. The highest BCUT2D eigenvalue weighted by Gasteiger charge is 2.16. The zero-order valence-electron chi connectivity index (χ0n) is 11.9. The highest BCUT2D eigenvalue weighted by molar-refractivity contribution is 5.96. The van der Waals surface area contributed by atoms with Crippen molar-refractivity contribution in [2.45, 2.75) is 13.0 Å². The Morgan fingerprint density at radius 3 is 2.48 bits per heavy atom. The molecule has 0 saturated carbocycles. The van der Waals surface area contributed by atoms with Gasteiger partial charge in [0.15, 0.2) is 0 Å². The number of carboxylic acid groups (broad SMARTS) is 1. The fourth-order valence-corrected chi connectivity index (χ4v) is 1.58. The second-order valence-electron chi connectivity index (χ2n) is 4.15. The van der Waals surface area contributed by atoms with Gasteiger partial charge in [-0.1, -0.05) is 0 Å². The van der Waals surface area contributed by atoms with Gasteiger partial charge in [0.05, 0.1) is 18.4 Å². The Balaban J connectivity index is 2.85. The molecule has 1 rings (SSSR count). The highest BCUT2D eigenvalue weighted by Crippen LogP contribution is 2.25. The van der Waals surface area contributed by atoms with Crippen LogP contribution >= 0.6 is 0 Å². The van der Waals surface area contributed by atoms with E-state index in [1.807, 2.05) is 0 Å². The molecule has 0 aromatic heterocycles. The number of urea groups is 1. The molecule has 21 heavy (non-hydrogen) atoms. The maximum atomic E-state index is 11.8. The maximum absolute atomic E-state index is 11.8. The van der Waals surface area contributed by atoms with Gasteiger partial charge in [0.25, 0.3) is 0 Å². The number of anilines is 1. The molecule has 114 valence electrons. The van der Waals surface area contributed by atoms with Crippen molar-refractivity contribution in [2.75, 3.05) is 19.5 Å². The first kappa shape index (κ1) is 16.3. The minimum absolute atomic E-state index is 0.00505. The van der Waals surface area contributed by atoms with Crippen molar-refractivity contribution < 1.29 is 24.2 Å². The molecule has 1 atom stereocenters. The summed E-state index contributed by atoms with van der Waals surface area (Å²) >= 11 is 0. The third-order valence-electron chi connectivity index (χ3n) is 2.68. The first-order chi connectivity index (χ1) is 9.88. The first-order valence-corrected chi connectivity index (χ1v) is 6.09. The van der Waals surface area contributed by atoms with Gasteiger partial charge in [-0.2, -0.15) is 0 Å². The molecule has 8 nitrogen and oxygen atoms in total. The number of hydrogen-bond acceptors (Lipinski definition) is 4. The van der Waals surface area contributed by atoms with Crippen LogP contribution in [0.15, 0.2) is 18.2 Å². The van der Waals surface area contributed by atoms with Gasteiger partial charge in [-0.25, -0.2) is 9.59 Å². The summed E-state index contributed by atoms with van der Waals surface area (Å²) in [5, 5.41) is 16.2. The SMILES string of the molecule is CNC(=O)C(C)NC(=O)Nc1cc(C(=O)O)ccc1OC. The van der Waals surface area contributed by atoms with Crippen LogP contribution in [0.4, 0.5) is 10.5 Å². The molecule has 1 aromatic rings. The number of benzene rings is 1. The van der Waals surface area contributed by atoms with Crippen LogP contribution in [0.2, 0.25) is 0 Å². The zero-order chi connectivity index (χ0) is 16.0. The molecule has 0 bridgehead atoms. The molecule has 0 aliphatic rings. The van der Waals surface area contributed by atoms with E-state index in [9.17, 15) is 14.4 Å². The smallest absolute Gasteiger partial charge is 0.335 e. The molecule has 0 radical (unpaired) electrons. The molecule has 0 aliphatic carbocycles. The largest absolute Gasteiger partial charge is 0.495 e. The van der Waals surface area contributed by atoms with Crippen LogP contribution in [-0.2, 0) is 4.79 Å². The first-order valence-electron chi connectivity index (χ1n) is 6.09. The normalized spacial score (nSPS) is 11.2. The summed E-state index contributed by atoms with van der Waals surface area (Å²) in [6.07, 6.45) is 0. The van der Waals surface area contributed by atoms with E-state index in [1.165, 1.54) is 39.3 Å². The lowest BCUT2D eigenvalue weighted by atomic mass is 10.2. The standard InChI is InChI=1S/C13H17N3O5/c1-7(11(17)14-2)15-13(20)16-9-6-8(12(18)19)4-5-10(9)21-3/h4-7H,1-3H3,(H,14,17)(H,18,19)(H2,15,16,20). The topological polar surface area (TPSA) is 117 Å². The Labute approximate surface area is 121 Å². The number of likely N-dealkylation sites (N-methyl/N-ethyl adjacent to an activating group) is 1. The summed E-state index contributed by atoms with van der Waals surface area (Å²) in [5.41, 5.74) is 0.199. The van der Waals surface area contributed by atoms with Gasteiger partial charge in [0.1, 0.15) is 11.8 Å². The van der Waals surface area contributed by atoms with Crippen molar-refractivity contribution in [1.82, 2.24) is 10.6 Å². The number of methoxy groups -OCH3 is 1. The molecule has 8 heteroatoms. The van der Waals surface area contributed by atoms with Crippen LogP contribution in [-0.4, -0.2) is 43.2 Å². The van der Waals surface area contributed by atoms with E-state index in [-0.39, 0.29) is 17.2 Å². The van der Waals surface area contributed by atoms with Crippen LogP contribution < -0.4 is 20.7 Å². The molecule has 0 saturated heterocycles.